The molecule has 0 spiro atoms. The average molecular weight is 234 g/mol. The zero-order chi connectivity index (χ0) is 12.3. The second kappa shape index (κ2) is 4.86. The van der Waals surface area contributed by atoms with E-state index < -0.39 is 0 Å². The highest BCUT2D eigenvalue weighted by molar-refractivity contribution is 5.65. The molecule has 0 saturated carbocycles. The first-order valence-electron chi connectivity index (χ1n) is 5.42. The molecule has 0 fully saturated rings. The molecule has 5 heteroatoms. The van der Waals surface area contributed by atoms with Crippen molar-refractivity contribution in [3.8, 4) is 0 Å². The van der Waals surface area contributed by atoms with Crippen LogP contribution in [0, 0.1) is 5.82 Å². The van der Waals surface area contributed by atoms with Crippen LogP contribution >= 0.6 is 0 Å². The van der Waals surface area contributed by atoms with E-state index in [2.05, 4.69) is 10.3 Å². The molecular formula is C12H15FN4. The van der Waals surface area contributed by atoms with Crippen LogP contribution < -0.4 is 11.1 Å². The summed E-state index contributed by atoms with van der Waals surface area (Å²) >= 11 is 0. The fraction of sp³-hybridized carbons (Fsp3) is 0.250. The molecule has 0 unspecified atom stereocenters. The van der Waals surface area contributed by atoms with Gasteiger partial charge in [0.15, 0.2) is 0 Å². The Hall–Kier alpha value is -2.04. The van der Waals surface area contributed by atoms with Gasteiger partial charge in [-0.15, -0.1) is 0 Å². The van der Waals surface area contributed by atoms with E-state index in [9.17, 15) is 4.39 Å². The summed E-state index contributed by atoms with van der Waals surface area (Å²) in [6, 6.07) is 4.30. The molecular weight excluding hydrogens is 219 g/mol. The summed E-state index contributed by atoms with van der Waals surface area (Å²) in [4.78, 5) is 4.20. The van der Waals surface area contributed by atoms with Gasteiger partial charge in [-0.05, 0) is 18.2 Å². The van der Waals surface area contributed by atoms with Crippen LogP contribution in [-0.4, -0.2) is 16.1 Å². The molecule has 0 atom stereocenters. The lowest BCUT2D eigenvalue weighted by molar-refractivity contribution is 0.628. The average Bonchev–Trinajstić information content (AvgIpc) is 2.70. The zero-order valence-electron chi connectivity index (χ0n) is 9.65. The van der Waals surface area contributed by atoms with E-state index in [4.69, 9.17) is 5.73 Å². The quantitative estimate of drug-likeness (QED) is 0.793. The number of aromatic nitrogens is 2. The van der Waals surface area contributed by atoms with E-state index in [1.165, 1.54) is 12.1 Å². The molecule has 0 amide bonds. The number of nitrogens with one attached hydrogen (secondary N) is 1. The van der Waals surface area contributed by atoms with Crippen LogP contribution in [-0.2, 0) is 13.5 Å². The number of hydrogen-bond donors (Lipinski definition) is 2. The summed E-state index contributed by atoms with van der Waals surface area (Å²) in [5, 5.41) is 3.10. The Balaban J connectivity index is 1.94. The fourth-order valence-corrected chi connectivity index (χ4v) is 1.63. The maximum atomic E-state index is 13.0. The number of halogens is 1. The molecule has 1 aromatic carbocycles. The van der Waals surface area contributed by atoms with Crippen molar-refractivity contribution in [2.45, 2.75) is 6.42 Å². The standard InChI is InChI=1S/C12H15FN4/c1-17-7-6-16-12(17)4-5-15-11-8-9(13)2-3-10(11)14/h2-3,6-8,15H,4-5,14H2,1H3. The van der Waals surface area contributed by atoms with Gasteiger partial charge in [0.2, 0.25) is 0 Å². The smallest absolute Gasteiger partial charge is 0.125 e. The Labute approximate surface area is 99.3 Å². The molecule has 1 aromatic heterocycles. The van der Waals surface area contributed by atoms with Gasteiger partial charge in [0.05, 0.1) is 11.4 Å². The molecule has 1 heterocycles. The largest absolute Gasteiger partial charge is 0.397 e. The minimum Gasteiger partial charge on any atom is -0.397 e. The molecule has 2 rings (SSSR count). The number of anilines is 2. The van der Waals surface area contributed by atoms with Crippen molar-refractivity contribution in [2.24, 2.45) is 7.05 Å². The molecule has 17 heavy (non-hydrogen) atoms. The third-order valence-corrected chi connectivity index (χ3v) is 2.60. The van der Waals surface area contributed by atoms with E-state index in [0.717, 1.165) is 12.2 Å². The number of nitrogens with two attached hydrogens (primary N) is 1. The second-order valence-corrected chi connectivity index (χ2v) is 3.86. The highest BCUT2D eigenvalue weighted by Gasteiger charge is 2.02. The van der Waals surface area contributed by atoms with E-state index in [1.54, 1.807) is 12.3 Å². The maximum absolute atomic E-state index is 13.0. The lowest BCUT2D eigenvalue weighted by Crippen LogP contribution is -2.10. The predicted molar refractivity (Wildman–Crippen MR) is 66.2 cm³/mol. The molecule has 0 aliphatic carbocycles. The van der Waals surface area contributed by atoms with Gasteiger partial charge in [0.1, 0.15) is 11.6 Å². The van der Waals surface area contributed by atoms with Crippen molar-refractivity contribution in [3.05, 3.63) is 42.2 Å². The molecule has 0 saturated heterocycles. The highest BCUT2D eigenvalue weighted by atomic mass is 19.1. The number of nitrogen functional groups attached to an aromatic ring is 1. The molecule has 0 aliphatic heterocycles. The first-order valence-corrected chi connectivity index (χ1v) is 5.42. The topological polar surface area (TPSA) is 55.9 Å². The monoisotopic (exact) mass is 234 g/mol. The fourth-order valence-electron chi connectivity index (χ4n) is 1.63. The van der Waals surface area contributed by atoms with Gasteiger partial charge in [0, 0.05) is 32.4 Å². The highest BCUT2D eigenvalue weighted by Crippen LogP contribution is 2.18. The lowest BCUT2D eigenvalue weighted by atomic mass is 10.2. The van der Waals surface area contributed by atoms with Crippen molar-refractivity contribution >= 4 is 11.4 Å². The second-order valence-electron chi connectivity index (χ2n) is 3.86. The molecule has 3 N–H and O–H groups in total. The Morgan fingerprint density at radius 1 is 1.47 bits per heavy atom. The summed E-state index contributed by atoms with van der Waals surface area (Å²) < 4.78 is 15.0. The molecule has 90 valence electrons. The van der Waals surface area contributed by atoms with Gasteiger partial charge in [-0.2, -0.15) is 0 Å². The molecule has 4 nitrogen and oxygen atoms in total. The van der Waals surface area contributed by atoms with Gasteiger partial charge >= 0.3 is 0 Å². The van der Waals surface area contributed by atoms with Crippen molar-refractivity contribution in [1.29, 1.82) is 0 Å². The first kappa shape index (κ1) is 11.4. The number of benzene rings is 1. The van der Waals surface area contributed by atoms with Crippen LogP contribution in [0.15, 0.2) is 30.6 Å². The van der Waals surface area contributed by atoms with Crippen molar-refractivity contribution in [1.82, 2.24) is 9.55 Å². The van der Waals surface area contributed by atoms with Gasteiger partial charge in [-0.3, -0.25) is 0 Å². The number of aryl methyl sites for hydroxylation is 1. The third-order valence-electron chi connectivity index (χ3n) is 2.60. The predicted octanol–water partition coefficient (Wildman–Crippen LogP) is 1.80. The summed E-state index contributed by atoms with van der Waals surface area (Å²) in [7, 11) is 1.94. The van der Waals surface area contributed by atoms with Gasteiger partial charge in [0.25, 0.3) is 0 Å². The van der Waals surface area contributed by atoms with Crippen LogP contribution in [0.1, 0.15) is 5.82 Å². The first-order chi connectivity index (χ1) is 8.16. The molecule has 0 bridgehead atoms. The van der Waals surface area contributed by atoms with Gasteiger partial charge < -0.3 is 15.6 Å². The minimum absolute atomic E-state index is 0.293. The Kier molecular flexibility index (Phi) is 3.27. The lowest BCUT2D eigenvalue weighted by Gasteiger charge is -2.09. The van der Waals surface area contributed by atoms with Crippen molar-refractivity contribution in [3.63, 3.8) is 0 Å². The van der Waals surface area contributed by atoms with Crippen molar-refractivity contribution in [2.75, 3.05) is 17.6 Å². The Bertz CT molecular complexity index is 507. The third kappa shape index (κ3) is 2.75. The van der Waals surface area contributed by atoms with Gasteiger partial charge in [-0.25, -0.2) is 9.37 Å². The van der Waals surface area contributed by atoms with Crippen LogP contribution in [0.4, 0.5) is 15.8 Å². The minimum atomic E-state index is -0.293. The SMILES string of the molecule is Cn1ccnc1CCNc1cc(F)ccc1N. The Morgan fingerprint density at radius 2 is 2.29 bits per heavy atom. The normalized spacial score (nSPS) is 10.5. The van der Waals surface area contributed by atoms with Gasteiger partial charge in [-0.1, -0.05) is 0 Å². The summed E-state index contributed by atoms with van der Waals surface area (Å²) in [6.45, 7) is 0.665. The summed E-state index contributed by atoms with van der Waals surface area (Å²) in [5.74, 6) is 0.686. The van der Waals surface area contributed by atoms with E-state index in [0.29, 0.717) is 17.9 Å². The Morgan fingerprint density at radius 3 is 3.00 bits per heavy atom. The van der Waals surface area contributed by atoms with E-state index in [1.807, 2.05) is 17.8 Å². The van der Waals surface area contributed by atoms with E-state index in [-0.39, 0.29) is 5.82 Å². The summed E-state index contributed by atoms with van der Waals surface area (Å²) in [5.41, 5.74) is 6.90. The number of hydrogen-bond acceptors (Lipinski definition) is 3. The molecule has 2 aromatic rings. The van der Waals surface area contributed by atoms with Crippen LogP contribution in [0.25, 0.3) is 0 Å². The van der Waals surface area contributed by atoms with Crippen LogP contribution in [0.3, 0.4) is 0 Å². The maximum Gasteiger partial charge on any atom is 0.125 e. The molecule has 0 radical (unpaired) electrons. The molecule has 0 aliphatic rings. The van der Waals surface area contributed by atoms with E-state index >= 15 is 0 Å². The number of nitrogens with zero attached hydrogens (tertiary/aromatic N) is 2. The number of imidazole rings is 1. The number of rotatable bonds is 4. The zero-order valence-corrected chi connectivity index (χ0v) is 9.65. The summed E-state index contributed by atoms with van der Waals surface area (Å²) in [6.07, 6.45) is 4.41. The van der Waals surface area contributed by atoms with Crippen molar-refractivity contribution < 1.29 is 4.39 Å². The van der Waals surface area contributed by atoms with Crippen LogP contribution in [0.5, 0.6) is 0 Å². The van der Waals surface area contributed by atoms with Crippen LogP contribution in [0.2, 0.25) is 0 Å².